The zero-order chi connectivity index (χ0) is 12.3. The largest absolute Gasteiger partial charge is 0.505 e. The molecule has 2 N–H and O–H groups in total. The molecule has 0 atom stereocenters. The van der Waals surface area contributed by atoms with E-state index in [0.29, 0.717) is 6.07 Å². The summed E-state index contributed by atoms with van der Waals surface area (Å²) in [6, 6.07) is 1.42. The number of phenolic OH excluding ortho intramolecular Hbond substituents is 1. The van der Waals surface area contributed by atoms with E-state index in [-0.39, 0.29) is 18.8 Å². The number of rotatable bonds is 4. The Morgan fingerprint density at radius 1 is 1.25 bits per heavy atom. The third kappa shape index (κ3) is 3.66. The molecule has 0 aliphatic heterocycles. The summed E-state index contributed by atoms with van der Waals surface area (Å²) in [4.78, 5) is 0. The molecule has 0 amide bonds. The molecule has 0 fully saturated rings. The molecule has 16 heavy (non-hydrogen) atoms. The van der Waals surface area contributed by atoms with Gasteiger partial charge in [-0.3, -0.25) is 0 Å². The number of aromatic hydroxyl groups is 1. The van der Waals surface area contributed by atoms with E-state index in [9.17, 15) is 13.9 Å². The third-order valence-electron chi connectivity index (χ3n) is 1.97. The minimum atomic E-state index is -0.945. The first-order chi connectivity index (χ1) is 7.29. The summed E-state index contributed by atoms with van der Waals surface area (Å²) in [6.45, 7) is 3.23. The fraction of sp³-hybridized carbons (Fsp3) is 0.455. The highest BCUT2D eigenvalue weighted by atomic mass is 19.1. The van der Waals surface area contributed by atoms with E-state index >= 15 is 0 Å². The first-order valence-corrected chi connectivity index (χ1v) is 4.83. The van der Waals surface area contributed by atoms with Crippen LogP contribution >= 0.6 is 0 Å². The van der Waals surface area contributed by atoms with Gasteiger partial charge in [0.05, 0.1) is 12.2 Å². The van der Waals surface area contributed by atoms with Crippen LogP contribution in [0.1, 0.15) is 20.3 Å². The van der Waals surface area contributed by atoms with E-state index in [0.717, 1.165) is 6.07 Å². The van der Waals surface area contributed by atoms with Crippen molar-refractivity contribution in [2.45, 2.75) is 25.9 Å². The van der Waals surface area contributed by atoms with Crippen LogP contribution in [0.15, 0.2) is 12.1 Å². The molecule has 0 aliphatic carbocycles. The summed E-state index contributed by atoms with van der Waals surface area (Å²) in [6.07, 6.45) is 0.287. The number of hydrogen-bond acceptors (Lipinski definition) is 3. The molecule has 0 aliphatic rings. The summed E-state index contributed by atoms with van der Waals surface area (Å²) >= 11 is 0. The number of halogens is 2. The van der Waals surface area contributed by atoms with E-state index in [1.165, 1.54) is 0 Å². The van der Waals surface area contributed by atoms with Gasteiger partial charge in [0.1, 0.15) is 0 Å². The zero-order valence-corrected chi connectivity index (χ0v) is 9.13. The summed E-state index contributed by atoms with van der Waals surface area (Å²) in [5, 5.41) is 18.2. The van der Waals surface area contributed by atoms with Gasteiger partial charge < -0.3 is 14.9 Å². The maximum Gasteiger partial charge on any atom is 0.168 e. The lowest BCUT2D eigenvalue weighted by Gasteiger charge is -2.17. The Labute approximate surface area is 92.3 Å². The fourth-order valence-electron chi connectivity index (χ4n) is 1.04. The highest BCUT2D eigenvalue weighted by molar-refractivity contribution is 5.33. The van der Waals surface area contributed by atoms with E-state index in [4.69, 9.17) is 9.84 Å². The Bertz CT molecular complexity index is 372. The zero-order valence-electron chi connectivity index (χ0n) is 9.13. The van der Waals surface area contributed by atoms with E-state index in [1.807, 2.05) is 0 Å². The number of phenols is 1. The van der Waals surface area contributed by atoms with Gasteiger partial charge in [-0.05, 0) is 13.8 Å². The van der Waals surface area contributed by atoms with Crippen LogP contribution in [0.25, 0.3) is 0 Å². The van der Waals surface area contributed by atoms with Gasteiger partial charge in [-0.25, -0.2) is 8.78 Å². The number of hydrogen-bond donors (Lipinski definition) is 2. The molecule has 0 saturated carbocycles. The number of ether oxygens (including phenoxy) is 1. The highest BCUT2D eigenvalue weighted by Gasteiger charge is 2.14. The lowest BCUT2D eigenvalue weighted by molar-refractivity contribution is 0.0546. The molecule has 0 saturated heterocycles. The van der Waals surface area contributed by atoms with E-state index < -0.39 is 23.0 Å². The molecule has 0 aromatic heterocycles. The summed E-state index contributed by atoms with van der Waals surface area (Å²) in [5.41, 5.74) is -0.925. The Balaban J connectivity index is 2.64. The molecule has 1 aromatic rings. The van der Waals surface area contributed by atoms with Gasteiger partial charge in [-0.2, -0.15) is 0 Å². The topological polar surface area (TPSA) is 49.7 Å². The van der Waals surface area contributed by atoms with Crippen LogP contribution in [0.5, 0.6) is 11.5 Å². The van der Waals surface area contributed by atoms with Crippen LogP contribution in [0.2, 0.25) is 0 Å². The molecular weight excluding hydrogens is 218 g/mol. The van der Waals surface area contributed by atoms with Gasteiger partial charge in [0.25, 0.3) is 0 Å². The lowest BCUT2D eigenvalue weighted by atomic mass is 10.1. The molecule has 0 radical (unpaired) electrons. The highest BCUT2D eigenvalue weighted by Crippen LogP contribution is 2.25. The van der Waals surface area contributed by atoms with Crippen molar-refractivity contribution >= 4 is 0 Å². The Morgan fingerprint density at radius 2 is 1.88 bits per heavy atom. The summed E-state index contributed by atoms with van der Waals surface area (Å²) < 4.78 is 31.0. The molecule has 3 nitrogen and oxygen atoms in total. The molecule has 5 heteroatoms. The van der Waals surface area contributed by atoms with Gasteiger partial charge in [0.2, 0.25) is 0 Å². The first-order valence-electron chi connectivity index (χ1n) is 4.83. The summed E-state index contributed by atoms with van der Waals surface area (Å²) in [7, 11) is 0. The van der Waals surface area contributed by atoms with E-state index in [2.05, 4.69) is 0 Å². The van der Waals surface area contributed by atoms with Crippen molar-refractivity contribution in [3.63, 3.8) is 0 Å². The fourth-order valence-corrected chi connectivity index (χ4v) is 1.04. The van der Waals surface area contributed by atoms with Crippen molar-refractivity contribution in [3.05, 3.63) is 23.8 Å². The summed E-state index contributed by atoms with van der Waals surface area (Å²) in [5.74, 6) is -2.82. The number of benzene rings is 1. The molecule has 1 aromatic carbocycles. The van der Waals surface area contributed by atoms with Crippen LogP contribution < -0.4 is 4.74 Å². The first kappa shape index (κ1) is 12.7. The average Bonchev–Trinajstić information content (AvgIpc) is 2.11. The van der Waals surface area contributed by atoms with Crippen LogP contribution in [0, 0.1) is 11.6 Å². The van der Waals surface area contributed by atoms with Crippen molar-refractivity contribution in [1.82, 2.24) is 0 Å². The normalized spacial score (nSPS) is 11.6. The van der Waals surface area contributed by atoms with Crippen molar-refractivity contribution in [2.75, 3.05) is 6.61 Å². The molecule has 1 rings (SSSR count). The van der Waals surface area contributed by atoms with Gasteiger partial charge in [0.15, 0.2) is 23.1 Å². The van der Waals surface area contributed by atoms with Gasteiger partial charge in [-0.1, -0.05) is 0 Å². The standard InChI is InChI=1S/C11H14F2O3/c1-11(2,15)3-4-16-10-6-7(12)9(14)5-8(10)13/h5-6,14-15H,3-4H2,1-2H3. The smallest absolute Gasteiger partial charge is 0.168 e. The van der Waals surface area contributed by atoms with Crippen LogP contribution in [-0.4, -0.2) is 22.4 Å². The van der Waals surface area contributed by atoms with E-state index in [1.54, 1.807) is 13.8 Å². The Hall–Kier alpha value is -1.36. The maximum atomic E-state index is 13.1. The second-order valence-electron chi connectivity index (χ2n) is 4.14. The predicted molar refractivity (Wildman–Crippen MR) is 54.4 cm³/mol. The maximum absolute atomic E-state index is 13.1. The monoisotopic (exact) mass is 232 g/mol. The second kappa shape index (κ2) is 4.65. The minimum absolute atomic E-state index is 0.0602. The SMILES string of the molecule is CC(C)(O)CCOc1cc(F)c(O)cc1F. The molecule has 0 spiro atoms. The van der Waals surface area contributed by atoms with Gasteiger partial charge in [0, 0.05) is 18.6 Å². The van der Waals surface area contributed by atoms with Crippen molar-refractivity contribution in [1.29, 1.82) is 0 Å². The minimum Gasteiger partial charge on any atom is -0.505 e. The molecular formula is C11H14F2O3. The van der Waals surface area contributed by atoms with Crippen LogP contribution in [0.3, 0.4) is 0 Å². The molecule has 0 bridgehead atoms. The number of aliphatic hydroxyl groups is 1. The average molecular weight is 232 g/mol. The second-order valence-corrected chi connectivity index (χ2v) is 4.14. The quantitative estimate of drug-likeness (QED) is 0.836. The van der Waals surface area contributed by atoms with Crippen LogP contribution in [0.4, 0.5) is 8.78 Å². The molecule has 90 valence electrons. The van der Waals surface area contributed by atoms with Gasteiger partial charge in [-0.15, -0.1) is 0 Å². The van der Waals surface area contributed by atoms with Crippen molar-refractivity contribution in [3.8, 4) is 11.5 Å². The Morgan fingerprint density at radius 3 is 2.44 bits per heavy atom. The van der Waals surface area contributed by atoms with Crippen molar-refractivity contribution < 1.29 is 23.7 Å². The predicted octanol–water partition coefficient (Wildman–Crippen LogP) is 2.21. The van der Waals surface area contributed by atoms with Crippen LogP contribution in [-0.2, 0) is 0 Å². The van der Waals surface area contributed by atoms with Crippen molar-refractivity contribution in [2.24, 2.45) is 0 Å². The molecule has 0 heterocycles. The third-order valence-corrected chi connectivity index (χ3v) is 1.97. The lowest BCUT2D eigenvalue weighted by Crippen LogP contribution is -2.22. The molecule has 0 unspecified atom stereocenters. The van der Waals surface area contributed by atoms with Gasteiger partial charge >= 0.3 is 0 Å². The Kier molecular flexibility index (Phi) is 3.70.